The zero-order valence-corrected chi connectivity index (χ0v) is 7.42. The number of para-hydroxylation sites is 1. The number of pyridine rings is 1. The van der Waals surface area contributed by atoms with Crippen LogP contribution in [0.1, 0.15) is 12.5 Å². The number of hydrogen-bond acceptors (Lipinski definition) is 1. The van der Waals surface area contributed by atoms with Gasteiger partial charge in [-0.25, -0.2) is 4.98 Å². The Labute approximate surface area is 76.2 Å². The number of aryl methyl sites for hydroxylation is 1. The SMILES string of the molecule is CCc1cc2ccccc2nc1[18F]. The molecular weight excluding hydrogens is 164 g/mol. The molecule has 0 amide bonds. The molecular formula is C11H10FN. The van der Waals surface area contributed by atoms with Gasteiger partial charge in [0.25, 0.3) is 0 Å². The number of hydrogen-bond donors (Lipinski definition) is 0. The van der Waals surface area contributed by atoms with Gasteiger partial charge in [0.2, 0.25) is 5.95 Å². The zero-order valence-electron chi connectivity index (χ0n) is 7.42. The van der Waals surface area contributed by atoms with E-state index in [2.05, 4.69) is 4.98 Å². The minimum atomic E-state index is -0.346. The van der Waals surface area contributed by atoms with E-state index in [9.17, 15) is 4.39 Å². The van der Waals surface area contributed by atoms with Crippen LogP contribution in [0, 0.1) is 5.95 Å². The number of rotatable bonds is 1. The summed E-state index contributed by atoms with van der Waals surface area (Å²) < 4.78 is 13.2. The molecule has 0 aliphatic rings. The van der Waals surface area contributed by atoms with Crippen LogP contribution in [-0.4, -0.2) is 4.98 Å². The molecule has 66 valence electrons. The van der Waals surface area contributed by atoms with Gasteiger partial charge in [0.05, 0.1) is 5.52 Å². The fourth-order valence-electron chi connectivity index (χ4n) is 1.38. The van der Waals surface area contributed by atoms with E-state index in [4.69, 9.17) is 0 Å². The highest BCUT2D eigenvalue weighted by Crippen LogP contribution is 2.15. The van der Waals surface area contributed by atoms with Crippen molar-refractivity contribution in [3.63, 3.8) is 0 Å². The number of nitrogens with zero attached hydrogens (tertiary/aromatic N) is 1. The summed E-state index contributed by atoms with van der Waals surface area (Å²) in [6.45, 7) is 1.93. The molecule has 0 unspecified atom stereocenters. The predicted molar refractivity (Wildman–Crippen MR) is 51.1 cm³/mol. The van der Waals surface area contributed by atoms with Crippen molar-refractivity contribution in [1.82, 2.24) is 4.98 Å². The molecule has 0 spiro atoms. The van der Waals surface area contributed by atoms with E-state index in [-0.39, 0.29) is 5.95 Å². The maximum atomic E-state index is 13.2. The molecule has 2 heteroatoms. The standard InChI is InChI=1S/C11H10FN/c1-2-8-7-9-5-3-4-6-10(9)13-11(8)12/h3-7H,2H2,1H3/i12-1. The lowest BCUT2D eigenvalue weighted by molar-refractivity contribution is 0.574. The van der Waals surface area contributed by atoms with Gasteiger partial charge in [-0.2, -0.15) is 4.39 Å². The highest BCUT2D eigenvalue weighted by atomic mass is 18.2. The van der Waals surface area contributed by atoms with Crippen LogP contribution in [0.5, 0.6) is 0 Å². The first-order chi connectivity index (χ1) is 6.31. The van der Waals surface area contributed by atoms with Gasteiger partial charge in [0, 0.05) is 10.9 Å². The first kappa shape index (κ1) is 8.17. The summed E-state index contributed by atoms with van der Waals surface area (Å²) >= 11 is 0. The fraction of sp³-hybridized carbons (Fsp3) is 0.182. The van der Waals surface area contributed by atoms with Gasteiger partial charge >= 0.3 is 0 Å². The summed E-state index contributed by atoms with van der Waals surface area (Å²) in [5.74, 6) is -0.346. The maximum absolute atomic E-state index is 13.2. The van der Waals surface area contributed by atoms with Gasteiger partial charge in [-0.3, -0.25) is 0 Å². The molecule has 1 nitrogen and oxygen atoms in total. The number of halogens is 1. The number of benzene rings is 1. The monoisotopic (exact) mass is 174 g/mol. The normalized spacial score (nSPS) is 10.6. The Hall–Kier alpha value is -1.44. The van der Waals surface area contributed by atoms with E-state index in [0.717, 1.165) is 10.9 Å². The molecule has 1 aromatic heterocycles. The van der Waals surface area contributed by atoms with Crippen molar-refractivity contribution in [1.29, 1.82) is 0 Å². The highest BCUT2D eigenvalue weighted by Gasteiger charge is 2.02. The lowest BCUT2D eigenvalue weighted by Crippen LogP contribution is -1.92. The van der Waals surface area contributed by atoms with E-state index in [0.29, 0.717) is 12.0 Å². The third-order valence-corrected chi connectivity index (χ3v) is 2.13. The third-order valence-electron chi connectivity index (χ3n) is 2.13. The van der Waals surface area contributed by atoms with Crippen LogP contribution < -0.4 is 0 Å². The second-order valence-corrected chi connectivity index (χ2v) is 2.98. The van der Waals surface area contributed by atoms with Crippen LogP contribution in [0.4, 0.5) is 4.39 Å². The van der Waals surface area contributed by atoms with E-state index in [1.165, 1.54) is 0 Å². The molecule has 0 N–H and O–H groups in total. The van der Waals surface area contributed by atoms with Gasteiger partial charge in [-0.1, -0.05) is 25.1 Å². The molecule has 0 aliphatic heterocycles. The van der Waals surface area contributed by atoms with E-state index >= 15 is 0 Å². The van der Waals surface area contributed by atoms with Crippen molar-refractivity contribution >= 4 is 10.9 Å². The van der Waals surface area contributed by atoms with Crippen LogP contribution in [0.2, 0.25) is 0 Å². The summed E-state index contributed by atoms with van der Waals surface area (Å²) in [4.78, 5) is 3.88. The van der Waals surface area contributed by atoms with Gasteiger partial charge in [-0.15, -0.1) is 0 Å². The first-order valence-corrected chi connectivity index (χ1v) is 4.35. The minimum Gasteiger partial charge on any atom is -0.219 e. The Kier molecular flexibility index (Phi) is 1.97. The number of fused-ring (bicyclic) bond motifs is 1. The average molecular weight is 174 g/mol. The highest BCUT2D eigenvalue weighted by molar-refractivity contribution is 5.78. The van der Waals surface area contributed by atoms with Crippen LogP contribution in [0.3, 0.4) is 0 Å². The second-order valence-electron chi connectivity index (χ2n) is 2.98. The lowest BCUT2D eigenvalue weighted by Gasteiger charge is -2.01. The molecule has 1 aromatic carbocycles. The zero-order chi connectivity index (χ0) is 9.26. The van der Waals surface area contributed by atoms with Crippen LogP contribution in [-0.2, 0) is 6.42 Å². The molecule has 2 aromatic rings. The van der Waals surface area contributed by atoms with E-state index in [1.807, 2.05) is 37.3 Å². The summed E-state index contributed by atoms with van der Waals surface area (Å²) in [5.41, 5.74) is 1.40. The third kappa shape index (κ3) is 1.39. The Balaban J connectivity index is 2.74. The molecule has 0 fully saturated rings. The fourth-order valence-corrected chi connectivity index (χ4v) is 1.38. The summed E-state index contributed by atoms with van der Waals surface area (Å²) in [5, 5.41) is 1.00. The molecule has 1 heterocycles. The van der Waals surface area contributed by atoms with Crippen molar-refractivity contribution in [3.8, 4) is 0 Å². The van der Waals surface area contributed by atoms with Crippen molar-refractivity contribution in [2.24, 2.45) is 0 Å². The maximum Gasteiger partial charge on any atom is 0.216 e. The topological polar surface area (TPSA) is 12.9 Å². The van der Waals surface area contributed by atoms with Gasteiger partial charge < -0.3 is 0 Å². The van der Waals surface area contributed by atoms with Crippen LogP contribution >= 0.6 is 0 Å². The summed E-state index contributed by atoms with van der Waals surface area (Å²) in [6.07, 6.45) is 0.684. The molecule has 0 aliphatic carbocycles. The van der Waals surface area contributed by atoms with Gasteiger partial charge in [-0.05, 0) is 18.6 Å². The Morgan fingerprint density at radius 2 is 2.08 bits per heavy atom. The molecule has 0 saturated heterocycles. The average Bonchev–Trinajstić information content (AvgIpc) is 2.17. The quantitative estimate of drug-likeness (QED) is 0.606. The predicted octanol–water partition coefficient (Wildman–Crippen LogP) is 2.94. The first-order valence-electron chi connectivity index (χ1n) is 4.35. The molecule has 0 saturated carbocycles. The number of aromatic nitrogens is 1. The van der Waals surface area contributed by atoms with Crippen molar-refractivity contribution in [2.75, 3.05) is 0 Å². The second kappa shape index (κ2) is 3.13. The Morgan fingerprint density at radius 1 is 1.31 bits per heavy atom. The minimum absolute atomic E-state index is 0.346. The smallest absolute Gasteiger partial charge is 0.216 e. The van der Waals surface area contributed by atoms with Crippen molar-refractivity contribution < 1.29 is 4.39 Å². The molecule has 13 heavy (non-hydrogen) atoms. The van der Waals surface area contributed by atoms with Crippen LogP contribution in [0.25, 0.3) is 10.9 Å². The lowest BCUT2D eigenvalue weighted by atomic mass is 10.1. The van der Waals surface area contributed by atoms with E-state index in [1.54, 1.807) is 0 Å². The van der Waals surface area contributed by atoms with Crippen LogP contribution in [0.15, 0.2) is 30.3 Å². The van der Waals surface area contributed by atoms with Crippen molar-refractivity contribution in [3.05, 3.63) is 41.8 Å². The summed E-state index contributed by atoms with van der Waals surface area (Å²) in [6, 6.07) is 9.41. The van der Waals surface area contributed by atoms with Crippen molar-refractivity contribution in [2.45, 2.75) is 13.3 Å². The molecule has 0 atom stereocenters. The Morgan fingerprint density at radius 3 is 2.85 bits per heavy atom. The molecule has 2 rings (SSSR count). The largest absolute Gasteiger partial charge is 0.219 e. The van der Waals surface area contributed by atoms with E-state index < -0.39 is 0 Å². The summed E-state index contributed by atoms with van der Waals surface area (Å²) in [7, 11) is 0. The molecule has 0 radical (unpaired) electrons. The Bertz CT molecular complexity index is 437. The van der Waals surface area contributed by atoms with Gasteiger partial charge in [0.15, 0.2) is 0 Å². The molecule has 0 bridgehead atoms. The van der Waals surface area contributed by atoms with Gasteiger partial charge in [0.1, 0.15) is 0 Å².